The number of methoxy groups -OCH3 is 1. The lowest BCUT2D eigenvalue weighted by Crippen LogP contribution is -2.13. The van der Waals surface area contributed by atoms with Crippen LogP contribution in [0.25, 0.3) is 0 Å². The Hall–Kier alpha value is -2.38. The molecule has 2 aromatic rings. The maximum absolute atomic E-state index is 12.0. The van der Waals surface area contributed by atoms with Gasteiger partial charge in [-0.15, -0.1) is 0 Å². The van der Waals surface area contributed by atoms with E-state index in [0.29, 0.717) is 11.3 Å². The Bertz CT molecular complexity index is 796. The van der Waals surface area contributed by atoms with Crippen LogP contribution in [-0.2, 0) is 19.0 Å². The van der Waals surface area contributed by atoms with Crippen LogP contribution in [0, 0.1) is 6.92 Å². The van der Waals surface area contributed by atoms with E-state index < -0.39 is 16.1 Å². The summed E-state index contributed by atoms with van der Waals surface area (Å²) in [4.78, 5) is 11.5. The van der Waals surface area contributed by atoms with Crippen molar-refractivity contribution in [1.82, 2.24) is 0 Å². The van der Waals surface area contributed by atoms with Crippen molar-refractivity contribution in [2.24, 2.45) is 0 Å². The average Bonchev–Trinajstić information content (AvgIpc) is 2.58. The Morgan fingerprint density at radius 3 is 2.42 bits per heavy atom. The summed E-state index contributed by atoms with van der Waals surface area (Å²) in [6.07, 6.45) is 0. The molecule has 0 saturated heterocycles. The monoisotopic (exact) mass is 350 g/mol. The number of rotatable bonds is 7. The molecule has 0 bridgehead atoms. The topological polar surface area (TPSA) is 78.9 Å². The van der Waals surface area contributed by atoms with Crippen LogP contribution in [0.3, 0.4) is 0 Å². The molecule has 0 saturated carbocycles. The predicted molar refractivity (Wildman–Crippen MR) is 87.6 cm³/mol. The molecule has 0 spiro atoms. The minimum absolute atomic E-state index is 0.0235. The van der Waals surface area contributed by atoms with E-state index in [2.05, 4.69) is 4.74 Å². The normalized spacial score (nSPS) is 11.1. The zero-order chi connectivity index (χ0) is 17.6. The minimum atomic E-state index is -3.81. The number of esters is 1. The Labute approximate surface area is 141 Å². The van der Waals surface area contributed by atoms with Crippen LogP contribution in [0.1, 0.15) is 15.9 Å². The van der Waals surface area contributed by atoms with Crippen LogP contribution in [0.4, 0.5) is 0 Å². The predicted octanol–water partition coefficient (Wildman–Crippen LogP) is 2.57. The van der Waals surface area contributed by atoms with E-state index >= 15 is 0 Å². The molecule has 6 nitrogen and oxygen atoms in total. The van der Waals surface area contributed by atoms with Crippen molar-refractivity contribution < 1.29 is 26.9 Å². The van der Waals surface area contributed by atoms with Crippen molar-refractivity contribution in [2.45, 2.75) is 11.8 Å². The van der Waals surface area contributed by atoms with Gasteiger partial charge in [-0.05, 0) is 37.3 Å². The molecule has 0 amide bonds. The summed E-state index contributed by atoms with van der Waals surface area (Å²) in [6.45, 7) is 1.75. The number of hydrogen-bond donors (Lipinski definition) is 0. The molecule has 0 aliphatic carbocycles. The smallest absolute Gasteiger partial charge is 0.337 e. The highest BCUT2D eigenvalue weighted by Crippen LogP contribution is 2.15. The first-order chi connectivity index (χ1) is 11.4. The maximum Gasteiger partial charge on any atom is 0.337 e. The first-order valence-corrected chi connectivity index (χ1v) is 8.60. The highest BCUT2D eigenvalue weighted by Gasteiger charge is 2.14. The molecule has 128 valence electrons. The summed E-state index contributed by atoms with van der Waals surface area (Å²) in [5.41, 5.74) is 1.31. The largest absolute Gasteiger partial charge is 0.491 e. The highest BCUT2D eigenvalue weighted by molar-refractivity contribution is 7.86. The lowest BCUT2D eigenvalue weighted by Gasteiger charge is -2.09. The minimum Gasteiger partial charge on any atom is -0.491 e. The van der Waals surface area contributed by atoms with Crippen LogP contribution in [0.15, 0.2) is 53.4 Å². The number of ether oxygens (including phenoxy) is 2. The van der Waals surface area contributed by atoms with E-state index in [0.717, 1.165) is 5.56 Å². The first kappa shape index (κ1) is 18.0. The van der Waals surface area contributed by atoms with Gasteiger partial charge >= 0.3 is 5.97 Å². The van der Waals surface area contributed by atoms with E-state index in [-0.39, 0.29) is 18.1 Å². The Kier molecular flexibility index (Phi) is 5.94. The molecular formula is C17H18O6S. The molecule has 0 aliphatic rings. The summed E-state index contributed by atoms with van der Waals surface area (Å²) in [7, 11) is -2.52. The number of aryl methyl sites for hydroxylation is 1. The fraction of sp³-hybridized carbons (Fsp3) is 0.235. The van der Waals surface area contributed by atoms with Gasteiger partial charge in [-0.2, -0.15) is 8.42 Å². The number of carbonyl (C=O) groups excluding carboxylic acids is 1. The Balaban J connectivity index is 1.88. The maximum atomic E-state index is 12.0. The average molecular weight is 350 g/mol. The number of carbonyl (C=O) groups is 1. The van der Waals surface area contributed by atoms with Crippen LogP contribution in [0.2, 0.25) is 0 Å². The quantitative estimate of drug-likeness (QED) is 0.434. The van der Waals surface area contributed by atoms with Crippen molar-refractivity contribution >= 4 is 16.1 Å². The van der Waals surface area contributed by atoms with Crippen molar-refractivity contribution in [2.75, 3.05) is 20.3 Å². The lowest BCUT2D eigenvalue weighted by molar-refractivity contribution is 0.0600. The molecule has 0 unspecified atom stereocenters. The summed E-state index contributed by atoms with van der Waals surface area (Å²) in [6, 6.07) is 12.8. The van der Waals surface area contributed by atoms with Crippen molar-refractivity contribution in [3.8, 4) is 5.75 Å². The van der Waals surface area contributed by atoms with Gasteiger partial charge in [-0.1, -0.05) is 23.8 Å². The zero-order valence-electron chi connectivity index (χ0n) is 13.4. The van der Waals surface area contributed by atoms with Gasteiger partial charge in [0, 0.05) is 0 Å². The lowest BCUT2D eigenvalue weighted by atomic mass is 10.2. The fourth-order valence-corrected chi connectivity index (χ4v) is 2.80. The van der Waals surface area contributed by atoms with Crippen LogP contribution in [0.5, 0.6) is 5.75 Å². The molecule has 0 fully saturated rings. The highest BCUT2D eigenvalue weighted by atomic mass is 32.2. The SMILES string of the molecule is COC(=O)c1cccc(OCCOS(=O)(=O)c2ccc(C)cc2)c1. The van der Waals surface area contributed by atoms with E-state index in [1.807, 2.05) is 6.92 Å². The second-order valence-corrected chi connectivity index (χ2v) is 6.57. The van der Waals surface area contributed by atoms with Gasteiger partial charge in [0.15, 0.2) is 0 Å². The second kappa shape index (κ2) is 7.94. The summed E-state index contributed by atoms with van der Waals surface area (Å²) >= 11 is 0. The van der Waals surface area contributed by atoms with Crippen molar-refractivity contribution in [1.29, 1.82) is 0 Å². The third kappa shape index (κ3) is 4.81. The molecular weight excluding hydrogens is 332 g/mol. The number of hydrogen-bond acceptors (Lipinski definition) is 6. The van der Waals surface area contributed by atoms with Gasteiger partial charge in [-0.3, -0.25) is 4.18 Å². The molecule has 0 heterocycles. The molecule has 2 rings (SSSR count). The van der Waals surface area contributed by atoms with Crippen molar-refractivity contribution in [3.05, 3.63) is 59.7 Å². The first-order valence-electron chi connectivity index (χ1n) is 7.19. The van der Waals surface area contributed by atoms with Crippen molar-refractivity contribution in [3.63, 3.8) is 0 Å². The molecule has 0 N–H and O–H groups in total. The third-order valence-electron chi connectivity index (χ3n) is 3.16. The van der Waals surface area contributed by atoms with Gasteiger partial charge < -0.3 is 9.47 Å². The van der Waals surface area contributed by atoms with E-state index in [9.17, 15) is 13.2 Å². The second-order valence-electron chi connectivity index (χ2n) is 4.96. The molecule has 0 atom stereocenters. The molecule has 24 heavy (non-hydrogen) atoms. The molecule has 7 heteroatoms. The van der Waals surface area contributed by atoms with E-state index in [1.165, 1.54) is 25.3 Å². The van der Waals surface area contributed by atoms with Crippen LogP contribution < -0.4 is 4.74 Å². The van der Waals surface area contributed by atoms with E-state index in [1.54, 1.807) is 30.3 Å². The van der Waals surface area contributed by atoms with Gasteiger partial charge in [0.1, 0.15) is 19.0 Å². The van der Waals surface area contributed by atoms with Gasteiger partial charge in [-0.25, -0.2) is 4.79 Å². The summed E-state index contributed by atoms with van der Waals surface area (Å²) in [5, 5.41) is 0. The molecule has 0 radical (unpaired) electrons. The molecule has 0 aliphatic heterocycles. The van der Waals surface area contributed by atoms with Crippen LogP contribution in [-0.4, -0.2) is 34.7 Å². The van der Waals surface area contributed by atoms with E-state index in [4.69, 9.17) is 8.92 Å². The van der Waals surface area contributed by atoms with Gasteiger partial charge in [0.25, 0.3) is 10.1 Å². The van der Waals surface area contributed by atoms with Gasteiger partial charge in [0.05, 0.1) is 17.6 Å². The summed E-state index contributed by atoms with van der Waals surface area (Å²) < 4.78 is 38.9. The molecule has 0 aromatic heterocycles. The summed E-state index contributed by atoms with van der Waals surface area (Å²) in [5.74, 6) is -0.0483. The number of benzene rings is 2. The van der Waals surface area contributed by atoms with Gasteiger partial charge in [0.2, 0.25) is 0 Å². The Morgan fingerprint density at radius 2 is 1.75 bits per heavy atom. The Morgan fingerprint density at radius 1 is 1.04 bits per heavy atom. The standard InChI is InChI=1S/C17H18O6S/c1-13-6-8-16(9-7-13)24(19,20)23-11-10-22-15-5-3-4-14(12-15)17(18)21-2/h3-9,12H,10-11H2,1-2H3. The fourth-order valence-electron chi connectivity index (χ4n) is 1.91. The zero-order valence-corrected chi connectivity index (χ0v) is 14.2. The molecule has 2 aromatic carbocycles. The third-order valence-corrected chi connectivity index (χ3v) is 4.48. The van der Waals surface area contributed by atoms with Crippen LogP contribution >= 0.6 is 0 Å².